The van der Waals surface area contributed by atoms with E-state index in [4.69, 9.17) is 38.8 Å². The van der Waals surface area contributed by atoms with Gasteiger partial charge in [-0.1, -0.05) is 11.6 Å². The molecule has 1 unspecified atom stereocenters. The highest BCUT2D eigenvalue weighted by Crippen LogP contribution is 2.42. The summed E-state index contributed by atoms with van der Waals surface area (Å²) in [5, 5.41) is -2.38. The van der Waals surface area contributed by atoms with Gasteiger partial charge in [-0.15, -0.1) is 0 Å². The first kappa shape index (κ1) is 19.7. The van der Waals surface area contributed by atoms with Gasteiger partial charge in [0.15, 0.2) is 0 Å². The number of benzene rings is 1. The second-order valence-electron chi connectivity index (χ2n) is 5.84. The van der Waals surface area contributed by atoms with Crippen LogP contribution in [0.5, 0.6) is 0 Å². The van der Waals surface area contributed by atoms with E-state index in [1.165, 1.54) is 0 Å². The Morgan fingerprint density at radius 1 is 1.36 bits per heavy atom. The molecule has 1 aliphatic rings. The van der Waals surface area contributed by atoms with Gasteiger partial charge in [-0.3, -0.25) is 9.59 Å². The van der Waals surface area contributed by atoms with Gasteiger partial charge < -0.3 is 16.4 Å². The lowest BCUT2D eigenvalue weighted by Crippen LogP contribution is -2.46. The molecule has 1 heterocycles. The highest BCUT2D eigenvalue weighted by molar-refractivity contribution is 6.41. The molecule has 2 amide bonds. The molecule has 4 N–H and O–H groups in total. The summed E-state index contributed by atoms with van der Waals surface area (Å²) in [5.41, 5.74) is 9.70. The number of carbonyl (C=O) groups excluding carboxylic acids is 2. The van der Waals surface area contributed by atoms with Crippen LogP contribution in [0.15, 0.2) is 12.1 Å². The smallest absolute Gasteiger partial charge is 0.368 e. The second-order valence-corrected chi connectivity index (χ2v) is 6.25. The van der Waals surface area contributed by atoms with Crippen LogP contribution in [-0.4, -0.2) is 38.4 Å². The molecule has 0 aromatic heterocycles. The number of hydrogen-bond acceptors (Lipinski definition) is 3. The summed E-state index contributed by atoms with van der Waals surface area (Å²) in [6, 6.07) is 0.821. The molecule has 1 aliphatic heterocycles. The molecule has 0 aliphatic carbocycles. The van der Waals surface area contributed by atoms with Gasteiger partial charge in [0.25, 0.3) is 0 Å². The minimum absolute atomic E-state index is 0.0361. The fraction of sp³-hybridized carbons (Fsp3) is 0.429. The van der Waals surface area contributed by atoms with E-state index < -0.39 is 40.0 Å². The van der Waals surface area contributed by atoms with Crippen molar-refractivity contribution in [1.29, 1.82) is 0 Å². The topological polar surface area (TPSA) is 89.4 Å². The van der Waals surface area contributed by atoms with E-state index in [0.29, 0.717) is 0 Å². The maximum Gasteiger partial charge on any atom is 0.417 e. The molecule has 2 rings (SSSR count). The Balaban J connectivity index is 2.27. The van der Waals surface area contributed by atoms with Crippen molar-refractivity contribution in [2.75, 3.05) is 0 Å². The Labute approximate surface area is 149 Å². The van der Waals surface area contributed by atoms with Crippen LogP contribution in [0.1, 0.15) is 29.5 Å². The number of nitrogens with two attached hydrogens (primary N) is 2. The van der Waals surface area contributed by atoms with Crippen LogP contribution in [0.2, 0.25) is 5.02 Å². The van der Waals surface area contributed by atoms with Crippen molar-refractivity contribution in [2.45, 2.75) is 36.9 Å². The molecule has 0 fully saturated rings. The number of halogens is 4. The number of carbonyl (C=O) groups is 2. The van der Waals surface area contributed by atoms with Gasteiger partial charge in [0.05, 0.1) is 32.3 Å². The lowest BCUT2D eigenvalue weighted by molar-refractivity contribution is -0.137. The van der Waals surface area contributed by atoms with E-state index in [2.05, 4.69) is 0 Å². The molecule has 0 saturated heterocycles. The fourth-order valence-electron chi connectivity index (χ4n) is 2.64. The van der Waals surface area contributed by atoms with Crippen LogP contribution < -0.4 is 11.5 Å². The van der Waals surface area contributed by atoms with Gasteiger partial charge in [-0.05, 0) is 35.0 Å². The molecular weight excluding hydrogens is 356 g/mol. The summed E-state index contributed by atoms with van der Waals surface area (Å²) in [5.74, 6) is -1.34. The van der Waals surface area contributed by atoms with Gasteiger partial charge in [-0.25, -0.2) is 0 Å². The van der Waals surface area contributed by atoms with Crippen molar-refractivity contribution in [2.24, 2.45) is 11.5 Å². The standard InChI is InChI=1S/C14H13B2ClF3N3O2/c15-13(16)7-4-9(17)8(14(18,19)20)3-6(7)5-23(13)11(24)2-1-10(21)12(22)25/h3-4,10H,1-2,5,21H2,(H2,22,25). The fourth-order valence-corrected chi connectivity index (χ4v) is 2.91. The van der Waals surface area contributed by atoms with Crippen molar-refractivity contribution in [3.8, 4) is 0 Å². The molecule has 11 heteroatoms. The van der Waals surface area contributed by atoms with Crippen molar-refractivity contribution >= 4 is 39.1 Å². The second kappa shape index (κ2) is 6.57. The minimum Gasteiger partial charge on any atom is -0.368 e. The lowest BCUT2D eigenvalue weighted by atomic mass is 9.58. The predicted octanol–water partition coefficient (Wildman–Crippen LogP) is 0.741. The number of amides is 2. The van der Waals surface area contributed by atoms with E-state index >= 15 is 0 Å². The molecule has 1 aromatic rings. The molecule has 4 radical (unpaired) electrons. The number of fused-ring (bicyclic) bond motifs is 1. The highest BCUT2D eigenvalue weighted by Gasteiger charge is 2.42. The average Bonchev–Trinajstić information content (AvgIpc) is 2.73. The third kappa shape index (κ3) is 3.79. The first-order valence-corrected chi connectivity index (χ1v) is 7.56. The van der Waals surface area contributed by atoms with Crippen molar-refractivity contribution in [3.05, 3.63) is 33.8 Å². The quantitative estimate of drug-likeness (QED) is 0.768. The van der Waals surface area contributed by atoms with Crippen LogP contribution in [0.4, 0.5) is 13.2 Å². The molecule has 0 bridgehead atoms. The van der Waals surface area contributed by atoms with Crippen molar-refractivity contribution in [1.82, 2.24) is 4.90 Å². The third-order valence-corrected chi connectivity index (χ3v) is 4.35. The van der Waals surface area contributed by atoms with E-state index in [-0.39, 0.29) is 30.5 Å². The first-order valence-electron chi connectivity index (χ1n) is 7.19. The number of nitrogens with zero attached hydrogens (tertiary/aromatic N) is 1. The van der Waals surface area contributed by atoms with Gasteiger partial charge in [0, 0.05) is 13.0 Å². The molecular formula is C14H13B2ClF3N3O2. The Kier molecular flexibility index (Phi) is 5.16. The summed E-state index contributed by atoms with van der Waals surface area (Å²) in [6.45, 7) is -0.215. The zero-order valence-corrected chi connectivity index (χ0v) is 13.7. The summed E-state index contributed by atoms with van der Waals surface area (Å²) in [6.07, 6.45) is -4.87. The largest absolute Gasteiger partial charge is 0.417 e. The molecule has 1 aromatic carbocycles. The maximum atomic E-state index is 13.0. The van der Waals surface area contributed by atoms with Crippen LogP contribution >= 0.6 is 11.6 Å². The van der Waals surface area contributed by atoms with Gasteiger partial charge in [0.2, 0.25) is 11.8 Å². The van der Waals surface area contributed by atoms with Crippen LogP contribution in [0.3, 0.4) is 0 Å². The average molecular weight is 369 g/mol. The van der Waals surface area contributed by atoms with Gasteiger partial charge in [-0.2, -0.15) is 13.2 Å². The monoisotopic (exact) mass is 369 g/mol. The molecule has 5 nitrogen and oxygen atoms in total. The van der Waals surface area contributed by atoms with Gasteiger partial charge >= 0.3 is 6.18 Å². The van der Waals surface area contributed by atoms with E-state index in [1.807, 2.05) is 0 Å². The predicted molar refractivity (Wildman–Crippen MR) is 86.6 cm³/mol. The van der Waals surface area contributed by atoms with E-state index in [1.54, 1.807) is 0 Å². The molecule has 0 spiro atoms. The molecule has 0 saturated carbocycles. The SMILES string of the molecule is [B]C1([B])c2cc(Cl)c(C(F)(F)F)cc2CN1C(=O)CCC(N)C(N)=O. The van der Waals surface area contributed by atoms with Crippen molar-refractivity contribution in [3.63, 3.8) is 0 Å². The maximum absolute atomic E-state index is 13.0. The number of hydrogen-bond donors (Lipinski definition) is 2. The van der Waals surface area contributed by atoms with E-state index in [9.17, 15) is 22.8 Å². The number of alkyl halides is 3. The zero-order valence-electron chi connectivity index (χ0n) is 12.9. The van der Waals surface area contributed by atoms with E-state index in [0.717, 1.165) is 17.0 Å². The Bertz CT molecular complexity index is 728. The van der Waals surface area contributed by atoms with Crippen LogP contribution in [0, 0.1) is 0 Å². The Morgan fingerprint density at radius 3 is 2.48 bits per heavy atom. The van der Waals surface area contributed by atoms with Crippen molar-refractivity contribution < 1.29 is 22.8 Å². The van der Waals surface area contributed by atoms with Crippen LogP contribution in [0.25, 0.3) is 0 Å². The van der Waals surface area contributed by atoms with Gasteiger partial charge in [0.1, 0.15) is 0 Å². The highest BCUT2D eigenvalue weighted by atomic mass is 35.5. The third-order valence-electron chi connectivity index (χ3n) is 4.04. The summed E-state index contributed by atoms with van der Waals surface area (Å²) < 4.78 is 38.9. The minimum atomic E-state index is -4.65. The Morgan fingerprint density at radius 2 is 1.96 bits per heavy atom. The lowest BCUT2D eigenvalue weighted by Gasteiger charge is -2.34. The molecule has 130 valence electrons. The molecule has 1 atom stereocenters. The number of primary amides is 1. The normalized spacial score (nSPS) is 17.2. The zero-order chi connectivity index (χ0) is 19.2. The Hall–Kier alpha value is -1.67. The summed E-state index contributed by atoms with van der Waals surface area (Å²) in [7, 11) is 11.9. The summed E-state index contributed by atoms with van der Waals surface area (Å²) >= 11 is 5.68. The number of rotatable bonds is 4. The van der Waals surface area contributed by atoms with Crippen LogP contribution in [-0.2, 0) is 27.6 Å². The molecule has 25 heavy (non-hydrogen) atoms. The first-order chi connectivity index (χ1) is 11.4. The summed E-state index contributed by atoms with van der Waals surface area (Å²) in [4.78, 5) is 24.3.